The highest BCUT2D eigenvalue weighted by Gasteiger charge is 2.39. The molecule has 0 fully saturated rings. The average Bonchev–Trinajstić information content (AvgIpc) is 3.01. The summed E-state index contributed by atoms with van der Waals surface area (Å²) in [5.74, 6) is 0.704. The van der Waals surface area contributed by atoms with Crippen LogP contribution in [0, 0.1) is 0 Å². The highest BCUT2D eigenvalue weighted by atomic mass is 16.5. The van der Waals surface area contributed by atoms with Crippen LogP contribution < -0.4 is 9.47 Å². The van der Waals surface area contributed by atoms with E-state index in [1.165, 1.54) is 11.6 Å². The molecule has 0 spiro atoms. The van der Waals surface area contributed by atoms with Gasteiger partial charge >= 0.3 is 5.97 Å². The molecule has 0 saturated carbocycles. The number of aliphatic imine (C=N–C) groups is 1. The standard InChI is InChI=1S/C27H31NO4/c1-7-31-21-13-19-14-26(3,4)28-24(23(19)20-15-27(5,6)32-25(20)21)18-10-8-17(9-11-18)16(2)12-22(29)30/h8-13H,7,14-15H2,1-6H3,(H,29,30)/b16-12-. The molecule has 2 aromatic carbocycles. The fraction of sp³-hybridized carbons (Fsp3) is 0.407. The van der Waals surface area contributed by atoms with Gasteiger partial charge in [-0.05, 0) is 70.7 Å². The van der Waals surface area contributed by atoms with Gasteiger partial charge in [0.15, 0.2) is 11.5 Å². The van der Waals surface area contributed by atoms with Crippen LogP contribution in [-0.4, -0.2) is 34.5 Å². The average molecular weight is 434 g/mol. The number of carbonyl (C=O) groups is 1. The predicted octanol–water partition coefficient (Wildman–Crippen LogP) is 5.46. The highest BCUT2D eigenvalue weighted by Crippen LogP contribution is 2.48. The smallest absolute Gasteiger partial charge is 0.328 e. The first-order valence-corrected chi connectivity index (χ1v) is 11.1. The van der Waals surface area contributed by atoms with Crippen molar-refractivity contribution < 1.29 is 19.4 Å². The Balaban J connectivity index is 1.86. The van der Waals surface area contributed by atoms with Gasteiger partial charge in [-0.2, -0.15) is 0 Å². The third-order valence-electron chi connectivity index (χ3n) is 5.93. The number of hydrogen-bond donors (Lipinski definition) is 1. The van der Waals surface area contributed by atoms with Gasteiger partial charge in [0.05, 0.1) is 17.9 Å². The fourth-order valence-corrected chi connectivity index (χ4v) is 4.70. The predicted molar refractivity (Wildman–Crippen MR) is 127 cm³/mol. The first-order valence-electron chi connectivity index (χ1n) is 11.1. The molecule has 4 rings (SSSR count). The summed E-state index contributed by atoms with van der Waals surface area (Å²) in [6.45, 7) is 12.9. The lowest BCUT2D eigenvalue weighted by Gasteiger charge is -2.31. The quantitative estimate of drug-likeness (QED) is 0.636. The molecule has 2 heterocycles. The maximum absolute atomic E-state index is 11.0. The van der Waals surface area contributed by atoms with Gasteiger partial charge in [0.1, 0.15) is 5.60 Å². The summed E-state index contributed by atoms with van der Waals surface area (Å²) in [5, 5.41) is 9.05. The Bertz CT molecular complexity index is 1140. The Kier molecular flexibility index (Phi) is 5.40. The summed E-state index contributed by atoms with van der Waals surface area (Å²) >= 11 is 0. The first-order chi connectivity index (χ1) is 15.0. The fourth-order valence-electron chi connectivity index (χ4n) is 4.70. The second kappa shape index (κ2) is 7.80. The zero-order chi connectivity index (χ0) is 23.3. The molecular formula is C27H31NO4. The summed E-state index contributed by atoms with van der Waals surface area (Å²) in [4.78, 5) is 16.2. The summed E-state index contributed by atoms with van der Waals surface area (Å²) in [7, 11) is 0. The molecule has 2 aliphatic heterocycles. The molecule has 2 aliphatic rings. The van der Waals surface area contributed by atoms with E-state index >= 15 is 0 Å². The molecule has 0 amide bonds. The van der Waals surface area contributed by atoms with Crippen molar-refractivity contribution in [3.8, 4) is 11.5 Å². The molecule has 0 atom stereocenters. The number of ether oxygens (including phenoxy) is 2. The summed E-state index contributed by atoms with van der Waals surface area (Å²) in [6, 6.07) is 10.1. The lowest BCUT2D eigenvalue weighted by molar-refractivity contribution is -0.131. The van der Waals surface area contributed by atoms with Gasteiger partial charge in [-0.15, -0.1) is 0 Å². The molecule has 5 nitrogen and oxygen atoms in total. The number of aliphatic carboxylic acids is 1. The minimum Gasteiger partial charge on any atom is -0.490 e. The summed E-state index contributed by atoms with van der Waals surface area (Å²) in [5.41, 5.74) is 6.58. The maximum Gasteiger partial charge on any atom is 0.328 e. The van der Waals surface area contributed by atoms with Crippen LogP contribution in [0.4, 0.5) is 0 Å². The topological polar surface area (TPSA) is 68.1 Å². The van der Waals surface area contributed by atoms with Crippen LogP contribution in [0.2, 0.25) is 0 Å². The molecule has 5 heteroatoms. The van der Waals surface area contributed by atoms with E-state index in [1.54, 1.807) is 6.92 Å². The van der Waals surface area contributed by atoms with E-state index < -0.39 is 5.97 Å². The van der Waals surface area contributed by atoms with Gasteiger partial charge < -0.3 is 14.6 Å². The van der Waals surface area contributed by atoms with E-state index in [0.29, 0.717) is 12.2 Å². The van der Waals surface area contributed by atoms with Crippen LogP contribution in [0.3, 0.4) is 0 Å². The second-order valence-corrected chi connectivity index (χ2v) is 9.88. The van der Waals surface area contributed by atoms with Crippen LogP contribution >= 0.6 is 0 Å². The zero-order valence-electron chi connectivity index (χ0n) is 19.7. The number of rotatable bonds is 5. The summed E-state index contributed by atoms with van der Waals surface area (Å²) in [6.07, 6.45) is 2.86. The summed E-state index contributed by atoms with van der Waals surface area (Å²) < 4.78 is 12.3. The van der Waals surface area contributed by atoms with Crippen molar-refractivity contribution in [2.24, 2.45) is 4.99 Å². The number of hydrogen-bond acceptors (Lipinski definition) is 4. The normalized spacial score (nSPS) is 18.3. The van der Waals surface area contributed by atoms with Crippen molar-refractivity contribution >= 4 is 17.3 Å². The molecule has 0 saturated heterocycles. The van der Waals surface area contributed by atoms with Crippen molar-refractivity contribution in [1.29, 1.82) is 0 Å². The number of allylic oxidation sites excluding steroid dienone is 1. The van der Waals surface area contributed by atoms with Crippen molar-refractivity contribution in [2.75, 3.05) is 6.61 Å². The molecule has 0 bridgehead atoms. The van der Waals surface area contributed by atoms with Crippen molar-refractivity contribution in [3.63, 3.8) is 0 Å². The third kappa shape index (κ3) is 4.16. The van der Waals surface area contributed by atoms with E-state index in [1.807, 2.05) is 31.2 Å². The number of carboxylic acid groups (broad SMARTS) is 1. The van der Waals surface area contributed by atoms with Crippen LogP contribution in [0.5, 0.6) is 11.5 Å². The molecule has 0 radical (unpaired) electrons. The van der Waals surface area contributed by atoms with E-state index in [-0.39, 0.29) is 11.1 Å². The highest BCUT2D eigenvalue weighted by molar-refractivity contribution is 6.16. The van der Waals surface area contributed by atoms with Crippen LogP contribution in [0.15, 0.2) is 41.4 Å². The molecule has 0 aliphatic carbocycles. The number of carboxylic acids is 1. The zero-order valence-corrected chi connectivity index (χ0v) is 19.7. The first kappa shape index (κ1) is 22.1. The van der Waals surface area contributed by atoms with Gasteiger partial charge in [0.25, 0.3) is 0 Å². The molecule has 32 heavy (non-hydrogen) atoms. The van der Waals surface area contributed by atoms with Gasteiger partial charge in [-0.1, -0.05) is 24.3 Å². The molecule has 2 aromatic rings. The Hall–Kier alpha value is -3.08. The Morgan fingerprint density at radius 3 is 2.50 bits per heavy atom. The Labute approximate surface area is 189 Å². The van der Waals surface area contributed by atoms with E-state index in [9.17, 15) is 4.79 Å². The number of nitrogens with zero attached hydrogens (tertiary/aromatic N) is 1. The van der Waals surface area contributed by atoms with Crippen molar-refractivity contribution in [3.05, 3.63) is 64.2 Å². The Morgan fingerprint density at radius 2 is 1.88 bits per heavy atom. The van der Waals surface area contributed by atoms with Gasteiger partial charge in [0, 0.05) is 29.2 Å². The van der Waals surface area contributed by atoms with Crippen LogP contribution in [0.25, 0.3) is 5.57 Å². The monoisotopic (exact) mass is 433 g/mol. The molecular weight excluding hydrogens is 402 g/mol. The second-order valence-electron chi connectivity index (χ2n) is 9.88. The van der Waals surface area contributed by atoms with Crippen molar-refractivity contribution in [1.82, 2.24) is 0 Å². The number of benzene rings is 2. The minimum absolute atomic E-state index is 0.243. The minimum atomic E-state index is -0.942. The van der Waals surface area contributed by atoms with Crippen molar-refractivity contribution in [2.45, 2.75) is 65.5 Å². The van der Waals surface area contributed by atoms with Gasteiger partial charge in [-0.25, -0.2) is 4.79 Å². The molecule has 1 N–H and O–H groups in total. The lowest BCUT2D eigenvalue weighted by atomic mass is 9.81. The van der Waals surface area contributed by atoms with Crippen LogP contribution in [-0.2, 0) is 17.6 Å². The lowest BCUT2D eigenvalue weighted by Crippen LogP contribution is -2.30. The van der Waals surface area contributed by atoms with E-state index in [4.69, 9.17) is 19.6 Å². The molecule has 168 valence electrons. The van der Waals surface area contributed by atoms with Crippen LogP contribution in [0.1, 0.15) is 69.4 Å². The maximum atomic E-state index is 11.0. The van der Waals surface area contributed by atoms with Gasteiger partial charge in [-0.3, -0.25) is 4.99 Å². The SMILES string of the molecule is CCOc1cc2c(c3c1OC(C)(C)C3)C(c1ccc(/C(C)=C\C(=O)O)cc1)=NC(C)(C)C2. The largest absolute Gasteiger partial charge is 0.490 e. The van der Waals surface area contributed by atoms with E-state index in [2.05, 4.69) is 33.8 Å². The number of fused-ring (bicyclic) bond motifs is 3. The molecule has 0 unspecified atom stereocenters. The molecule has 0 aromatic heterocycles. The Morgan fingerprint density at radius 1 is 1.19 bits per heavy atom. The van der Waals surface area contributed by atoms with Gasteiger partial charge in [0.2, 0.25) is 0 Å². The van der Waals surface area contributed by atoms with E-state index in [0.717, 1.165) is 52.3 Å². The third-order valence-corrected chi connectivity index (χ3v) is 5.93.